The Kier molecular flexibility index (Phi) is 5.77. The van der Waals surface area contributed by atoms with Gasteiger partial charge in [0.1, 0.15) is 18.5 Å². The second kappa shape index (κ2) is 7.79. The molecule has 2 N–H and O–H groups in total. The van der Waals surface area contributed by atoms with E-state index in [0.717, 1.165) is 28.0 Å². The number of amides is 1. The highest BCUT2D eigenvalue weighted by Gasteiger charge is 2.11. The molecule has 4 nitrogen and oxygen atoms in total. The molecule has 23 heavy (non-hydrogen) atoms. The van der Waals surface area contributed by atoms with Crippen LogP contribution >= 0.6 is 0 Å². The highest BCUT2D eigenvalue weighted by Crippen LogP contribution is 2.21. The number of nitrogens with two attached hydrogens (primary N) is 1. The van der Waals surface area contributed by atoms with Gasteiger partial charge in [-0.15, -0.1) is 0 Å². The van der Waals surface area contributed by atoms with Crippen LogP contribution < -0.4 is 10.5 Å². The van der Waals surface area contributed by atoms with E-state index in [1.54, 1.807) is 6.92 Å². The van der Waals surface area contributed by atoms with E-state index in [4.69, 9.17) is 15.2 Å². The largest absolute Gasteiger partial charge is 0.489 e. The van der Waals surface area contributed by atoms with Gasteiger partial charge < -0.3 is 15.2 Å². The molecule has 0 saturated heterocycles. The number of aryl methyl sites for hydroxylation is 2. The SMILES string of the molecule is Cc1ccc(C)c(OCc2ccccc2COC(C)C(N)=O)c1. The fourth-order valence-electron chi connectivity index (χ4n) is 2.15. The fraction of sp³-hybridized carbons (Fsp3) is 0.316. The highest BCUT2D eigenvalue weighted by atomic mass is 16.5. The zero-order chi connectivity index (χ0) is 16.8. The van der Waals surface area contributed by atoms with Gasteiger partial charge in [-0.3, -0.25) is 4.79 Å². The average molecular weight is 313 g/mol. The second-order valence-electron chi connectivity index (χ2n) is 5.68. The van der Waals surface area contributed by atoms with Crippen LogP contribution in [0.15, 0.2) is 42.5 Å². The zero-order valence-electron chi connectivity index (χ0n) is 13.8. The van der Waals surface area contributed by atoms with Crippen molar-refractivity contribution in [1.29, 1.82) is 0 Å². The quantitative estimate of drug-likeness (QED) is 0.853. The summed E-state index contributed by atoms with van der Waals surface area (Å²) in [7, 11) is 0. The molecule has 1 amide bonds. The molecule has 0 heterocycles. The van der Waals surface area contributed by atoms with E-state index in [9.17, 15) is 4.79 Å². The molecule has 1 atom stereocenters. The number of benzene rings is 2. The van der Waals surface area contributed by atoms with Crippen molar-refractivity contribution in [2.45, 2.75) is 40.1 Å². The lowest BCUT2D eigenvalue weighted by atomic mass is 10.1. The molecule has 4 heteroatoms. The minimum absolute atomic E-state index is 0.330. The van der Waals surface area contributed by atoms with Crippen molar-refractivity contribution < 1.29 is 14.3 Å². The van der Waals surface area contributed by atoms with Crippen molar-refractivity contribution in [1.82, 2.24) is 0 Å². The van der Waals surface area contributed by atoms with E-state index in [1.807, 2.05) is 50.2 Å². The molecular weight excluding hydrogens is 290 g/mol. The summed E-state index contributed by atoms with van der Waals surface area (Å²) in [5, 5.41) is 0. The molecule has 2 rings (SSSR count). The third-order valence-corrected chi connectivity index (χ3v) is 3.73. The molecule has 1 unspecified atom stereocenters. The lowest BCUT2D eigenvalue weighted by molar-refractivity contribution is -0.129. The van der Waals surface area contributed by atoms with E-state index in [2.05, 4.69) is 6.07 Å². The average Bonchev–Trinajstić information content (AvgIpc) is 2.54. The second-order valence-corrected chi connectivity index (χ2v) is 5.68. The Bertz CT molecular complexity index is 682. The first-order valence-electron chi connectivity index (χ1n) is 7.65. The van der Waals surface area contributed by atoms with Gasteiger partial charge in [-0.1, -0.05) is 36.4 Å². The number of carbonyl (C=O) groups is 1. The lowest BCUT2D eigenvalue weighted by Gasteiger charge is -2.15. The van der Waals surface area contributed by atoms with Crippen LogP contribution in [0, 0.1) is 13.8 Å². The summed E-state index contributed by atoms with van der Waals surface area (Å²) in [5.74, 6) is 0.417. The summed E-state index contributed by atoms with van der Waals surface area (Å²) in [6.45, 7) is 6.50. The van der Waals surface area contributed by atoms with Crippen molar-refractivity contribution in [2.75, 3.05) is 0 Å². The predicted octanol–water partition coefficient (Wildman–Crippen LogP) is 3.27. The van der Waals surface area contributed by atoms with Gasteiger partial charge >= 0.3 is 0 Å². The summed E-state index contributed by atoms with van der Waals surface area (Å²) >= 11 is 0. The molecule has 0 aliphatic rings. The maximum absolute atomic E-state index is 11.1. The number of hydrogen-bond acceptors (Lipinski definition) is 3. The van der Waals surface area contributed by atoms with Gasteiger partial charge in [0, 0.05) is 0 Å². The van der Waals surface area contributed by atoms with Gasteiger partial charge in [0.2, 0.25) is 5.91 Å². The van der Waals surface area contributed by atoms with Crippen LogP contribution in [0.5, 0.6) is 5.75 Å². The third kappa shape index (κ3) is 4.83. The van der Waals surface area contributed by atoms with E-state index in [0.29, 0.717) is 13.2 Å². The van der Waals surface area contributed by atoms with Crippen molar-refractivity contribution in [3.05, 3.63) is 64.7 Å². The summed E-state index contributed by atoms with van der Waals surface area (Å²) in [5.41, 5.74) is 9.51. The Morgan fingerprint density at radius 1 is 1.09 bits per heavy atom. The van der Waals surface area contributed by atoms with Crippen LogP contribution in [0.3, 0.4) is 0 Å². The van der Waals surface area contributed by atoms with E-state index in [1.165, 1.54) is 0 Å². The minimum atomic E-state index is -0.608. The molecule has 0 aliphatic heterocycles. The van der Waals surface area contributed by atoms with Crippen molar-refractivity contribution in [2.24, 2.45) is 5.73 Å². The van der Waals surface area contributed by atoms with Gasteiger partial charge in [-0.2, -0.15) is 0 Å². The summed E-state index contributed by atoms with van der Waals surface area (Å²) < 4.78 is 11.4. The topological polar surface area (TPSA) is 61.6 Å². The first-order chi connectivity index (χ1) is 11.0. The van der Waals surface area contributed by atoms with E-state index < -0.39 is 12.0 Å². The smallest absolute Gasteiger partial charge is 0.246 e. The van der Waals surface area contributed by atoms with Gasteiger partial charge in [0.25, 0.3) is 0 Å². The molecule has 122 valence electrons. The Balaban J connectivity index is 2.05. The number of rotatable bonds is 7. The van der Waals surface area contributed by atoms with Crippen LogP contribution in [0.4, 0.5) is 0 Å². The Morgan fingerprint density at radius 3 is 2.39 bits per heavy atom. The molecule has 0 fully saturated rings. The predicted molar refractivity (Wildman–Crippen MR) is 90.1 cm³/mol. The van der Waals surface area contributed by atoms with Gasteiger partial charge in [0.15, 0.2) is 0 Å². The molecule has 0 bridgehead atoms. The zero-order valence-corrected chi connectivity index (χ0v) is 13.8. The third-order valence-electron chi connectivity index (χ3n) is 3.73. The van der Waals surface area contributed by atoms with Gasteiger partial charge in [-0.05, 0) is 49.1 Å². The first-order valence-corrected chi connectivity index (χ1v) is 7.65. The number of ether oxygens (including phenoxy) is 2. The minimum Gasteiger partial charge on any atom is -0.489 e. The van der Waals surface area contributed by atoms with Crippen LogP contribution in [-0.4, -0.2) is 12.0 Å². The number of hydrogen-bond donors (Lipinski definition) is 1. The van der Waals surface area contributed by atoms with Crippen molar-refractivity contribution in [3.8, 4) is 5.75 Å². The maximum atomic E-state index is 11.1. The van der Waals surface area contributed by atoms with Crippen molar-refractivity contribution in [3.63, 3.8) is 0 Å². The normalized spacial score (nSPS) is 12.0. The van der Waals surface area contributed by atoms with Crippen molar-refractivity contribution >= 4 is 5.91 Å². The summed E-state index contributed by atoms with van der Waals surface area (Å²) in [6.07, 6.45) is -0.608. The van der Waals surface area contributed by atoms with Crippen LogP contribution in [0.1, 0.15) is 29.2 Å². The molecule has 0 radical (unpaired) electrons. The first kappa shape index (κ1) is 17.0. The van der Waals surface area contributed by atoms with Crippen LogP contribution in [-0.2, 0) is 22.7 Å². The molecular formula is C19H23NO3. The number of carbonyl (C=O) groups excluding carboxylic acids is 1. The van der Waals surface area contributed by atoms with Gasteiger partial charge in [-0.25, -0.2) is 0 Å². The standard InChI is InChI=1S/C19H23NO3/c1-13-8-9-14(2)18(10-13)23-12-17-7-5-4-6-16(17)11-22-15(3)19(20)21/h4-10,15H,11-12H2,1-3H3,(H2,20,21). The van der Waals surface area contributed by atoms with Gasteiger partial charge in [0.05, 0.1) is 6.61 Å². The van der Waals surface area contributed by atoms with Crippen LogP contribution in [0.2, 0.25) is 0 Å². The molecule has 2 aromatic rings. The van der Waals surface area contributed by atoms with Crippen LogP contribution in [0.25, 0.3) is 0 Å². The molecule has 0 spiro atoms. The van der Waals surface area contributed by atoms with E-state index >= 15 is 0 Å². The van der Waals surface area contributed by atoms with E-state index in [-0.39, 0.29) is 0 Å². The molecule has 0 aliphatic carbocycles. The molecule has 0 aromatic heterocycles. The Hall–Kier alpha value is -2.33. The molecule has 0 saturated carbocycles. The monoisotopic (exact) mass is 313 g/mol. The Morgan fingerprint density at radius 2 is 1.74 bits per heavy atom. The fourth-order valence-corrected chi connectivity index (χ4v) is 2.15. The maximum Gasteiger partial charge on any atom is 0.246 e. The highest BCUT2D eigenvalue weighted by molar-refractivity contribution is 5.78. The lowest BCUT2D eigenvalue weighted by Crippen LogP contribution is -2.28. The summed E-state index contributed by atoms with van der Waals surface area (Å²) in [4.78, 5) is 11.1. The molecule has 2 aromatic carbocycles. The number of primary amides is 1. The summed E-state index contributed by atoms with van der Waals surface area (Å²) in [6, 6.07) is 14.0. The Labute approximate surface area is 137 Å².